The number of allylic oxidation sites excluding steroid dienone is 1. The number of anilines is 1. The molecule has 28 heavy (non-hydrogen) atoms. The summed E-state index contributed by atoms with van der Waals surface area (Å²) in [4.78, 5) is 11.0. The van der Waals surface area contributed by atoms with Crippen LogP contribution in [0.1, 0.15) is 25.8 Å². The van der Waals surface area contributed by atoms with Crippen molar-refractivity contribution in [2.24, 2.45) is 10.9 Å². The molecule has 4 heterocycles. The fourth-order valence-corrected chi connectivity index (χ4v) is 3.56. The Morgan fingerprint density at radius 1 is 1.25 bits per heavy atom. The zero-order chi connectivity index (χ0) is 19.5. The number of aromatic nitrogens is 3. The molecule has 7 heteroatoms. The van der Waals surface area contributed by atoms with Gasteiger partial charge in [-0.05, 0) is 36.1 Å². The normalized spacial score (nSPS) is 19.8. The zero-order valence-corrected chi connectivity index (χ0v) is 16.3. The van der Waals surface area contributed by atoms with E-state index in [1.807, 2.05) is 18.3 Å². The van der Waals surface area contributed by atoms with Crippen molar-refractivity contribution in [3.05, 3.63) is 36.0 Å². The van der Waals surface area contributed by atoms with E-state index in [4.69, 9.17) is 0 Å². The number of hydrogen-bond donors (Lipinski definition) is 2. The van der Waals surface area contributed by atoms with E-state index in [2.05, 4.69) is 50.3 Å². The molecule has 1 atom stereocenters. The molecule has 1 unspecified atom stereocenters. The number of rotatable bonds is 4. The van der Waals surface area contributed by atoms with Gasteiger partial charge < -0.3 is 15.3 Å². The van der Waals surface area contributed by atoms with Gasteiger partial charge in [0.15, 0.2) is 5.82 Å². The molecule has 0 spiro atoms. The molecule has 0 radical (unpaired) electrons. The summed E-state index contributed by atoms with van der Waals surface area (Å²) in [5.74, 6) is 1.52. The average molecular weight is 378 g/mol. The predicted octanol–water partition coefficient (Wildman–Crippen LogP) is 2.54. The molecule has 1 saturated heterocycles. The molecule has 0 aliphatic carbocycles. The van der Waals surface area contributed by atoms with E-state index >= 15 is 0 Å². The summed E-state index contributed by atoms with van der Waals surface area (Å²) in [5, 5.41) is 22.7. The molecule has 2 N–H and O–H groups in total. The van der Waals surface area contributed by atoms with Crippen molar-refractivity contribution in [3.8, 4) is 17.1 Å². The second-order valence-electron chi connectivity index (χ2n) is 7.60. The maximum absolute atomic E-state index is 10.5. The largest absolute Gasteiger partial charge is 0.506 e. The second-order valence-corrected chi connectivity index (χ2v) is 7.60. The Labute approximate surface area is 165 Å². The Hall–Kier alpha value is -2.80. The van der Waals surface area contributed by atoms with Crippen LogP contribution in [0, 0.1) is 5.92 Å². The lowest BCUT2D eigenvalue weighted by atomic mass is 10.0. The third-order valence-electron chi connectivity index (χ3n) is 5.28. The first-order chi connectivity index (χ1) is 13.6. The van der Waals surface area contributed by atoms with Gasteiger partial charge in [-0.3, -0.25) is 4.99 Å². The zero-order valence-electron chi connectivity index (χ0n) is 16.3. The number of aromatic hydroxyl groups is 1. The standard InChI is InChI=1S/C21H26N6O/c1-14(2)18-13-27(9-8-23-18)20-6-5-17(25-26-20)21-19(28)10-16(12-24-21)15-4-3-7-22-11-15/h4-6,10-12,14,18,23,28H,3,7-9,13H2,1-2H3. The van der Waals surface area contributed by atoms with Crippen LogP contribution in [0.3, 0.4) is 0 Å². The summed E-state index contributed by atoms with van der Waals surface area (Å²) in [6.45, 7) is 8.03. The van der Waals surface area contributed by atoms with Gasteiger partial charge in [-0.2, -0.15) is 0 Å². The van der Waals surface area contributed by atoms with Gasteiger partial charge in [-0.1, -0.05) is 19.9 Å². The van der Waals surface area contributed by atoms with Crippen LogP contribution in [-0.4, -0.2) is 58.7 Å². The van der Waals surface area contributed by atoms with Crippen molar-refractivity contribution in [2.45, 2.75) is 26.3 Å². The molecule has 2 aliphatic rings. The van der Waals surface area contributed by atoms with Crippen molar-refractivity contribution in [1.29, 1.82) is 0 Å². The molecule has 0 aromatic carbocycles. The van der Waals surface area contributed by atoms with Crippen molar-refractivity contribution in [3.63, 3.8) is 0 Å². The summed E-state index contributed by atoms with van der Waals surface area (Å²) >= 11 is 0. The Balaban J connectivity index is 1.52. The summed E-state index contributed by atoms with van der Waals surface area (Å²) in [6, 6.07) is 5.99. The Morgan fingerprint density at radius 2 is 2.14 bits per heavy atom. The summed E-state index contributed by atoms with van der Waals surface area (Å²) in [6.07, 6.45) is 6.59. The molecule has 0 bridgehead atoms. The molecule has 0 saturated carbocycles. The topological polar surface area (TPSA) is 86.5 Å². The molecular weight excluding hydrogens is 352 g/mol. The molecule has 2 aromatic heterocycles. The van der Waals surface area contributed by atoms with Gasteiger partial charge >= 0.3 is 0 Å². The highest BCUT2D eigenvalue weighted by Gasteiger charge is 2.23. The number of piperazine rings is 1. The van der Waals surface area contributed by atoms with Crippen LogP contribution in [0.4, 0.5) is 5.82 Å². The van der Waals surface area contributed by atoms with Gasteiger partial charge in [0.05, 0.1) is 0 Å². The number of pyridine rings is 1. The summed E-state index contributed by atoms with van der Waals surface area (Å²) in [5.41, 5.74) is 2.85. The first kappa shape index (κ1) is 18.6. The van der Waals surface area contributed by atoms with Crippen LogP contribution >= 0.6 is 0 Å². The first-order valence-corrected chi connectivity index (χ1v) is 9.83. The van der Waals surface area contributed by atoms with E-state index in [0.717, 1.165) is 49.6 Å². The van der Waals surface area contributed by atoms with Gasteiger partial charge in [-0.25, -0.2) is 4.98 Å². The number of nitrogens with one attached hydrogen (secondary N) is 1. The third kappa shape index (κ3) is 3.89. The lowest BCUT2D eigenvalue weighted by molar-refractivity contribution is 0.367. The first-order valence-electron chi connectivity index (χ1n) is 9.83. The maximum atomic E-state index is 10.5. The van der Waals surface area contributed by atoms with Crippen molar-refractivity contribution < 1.29 is 5.11 Å². The summed E-state index contributed by atoms with van der Waals surface area (Å²) < 4.78 is 0. The number of nitrogens with zero attached hydrogens (tertiary/aromatic N) is 5. The highest BCUT2D eigenvalue weighted by molar-refractivity contribution is 6.10. The van der Waals surface area contributed by atoms with E-state index < -0.39 is 0 Å². The van der Waals surface area contributed by atoms with Crippen LogP contribution < -0.4 is 10.2 Å². The molecule has 2 aromatic rings. The summed E-state index contributed by atoms with van der Waals surface area (Å²) in [7, 11) is 0. The Morgan fingerprint density at radius 3 is 2.82 bits per heavy atom. The average Bonchev–Trinajstić information content (AvgIpc) is 2.74. The molecule has 1 fully saturated rings. The van der Waals surface area contributed by atoms with E-state index in [0.29, 0.717) is 23.3 Å². The monoisotopic (exact) mass is 378 g/mol. The fourth-order valence-electron chi connectivity index (χ4n) is 3.56. The number of hydrogen-bond acceptors (Lipinski definition) is 7. The van der Waals surface area contributed by atoms with Crippen molar-refractivity contribution in [2.75, 3.05) is 31.1 Å². The Kier molecular flexibility index (Phi) is 5.34. The van der Waals surface area contributed by atoms with Gasteiger partial charge in [0, 0.05) is 50.2 Å². The molecule has 7 nitrogen and oxygen atoms in total. The van der Waals surface area contributed by atoms with E-state index in [-0.39, 0.29) is 5.75 Å². The molecule has 146 valence electrons. The van der Waals surface area contributed by atoms with E-state index in [1.54, 1.807) is 12.3 Å². The predicted molar refractivity (Wildman–Crippen MR) is 112 cm³/mol. The minimum atomic E-state index is 0.0986. The van der Waals surface area contributed by atoms with Crippen LogP contribution in [0.2, 0.25) is 0 Å². The van der Waals surface area contributed by atoms with Gasteiger partial charge in [0.1, 0.15) is 17.1 Å². The molecular formula is C21H26N6O. The van der Waals surface area contributed by atoms with Crippen LogP contribution in [0.25, 0.3) is 17.0 Å². The van der Waals surface area contributed by atoms with Gasteiger partial charge in [0.2, 0.25) is 0 Å². The minimum Gasteiger partial charge on any atom is -0.506 e. The smallest absolute Gasteiger partial charge is 0.151 e. The van der Waals surface area contributed by atoms with Crippen molar-refractivity contribution in [1.82, 2.24) is 20.5 Å². The second kappa shape index (κ2) is 8.06. The highest BCUT2D eigenvalue weighted by atomic mass is 16.3. The maximum Gasteiger partial charge on any atom is 0.151 e. The van der Waals surface area contributed by atoms with E-state index in [9.17, 15) is 5.11 Å². The SMILES string of the molecule is CC(C)C1CN(c2ccc(-c3ncc(C4=CCCN=C4)cc3O)nn2)CCN1. The molecule has 4 rings (SSSR count). The Bertz CT molecular complexity index is 890. The number of dihydropyridines is 1. The third-order valence-corrected chi connectivity index (χ3v) is 5.28. The van der Waals surface area contributed by atoms with Crippen molar-refractivity contribution >= 4 is 17.6 Å². The minimum absolute atomic E-state index is 0.0986. The van der Waals surface area contributed by atoms with Crippen LogP contribution in [0.15, 0.2) is 35.5 Å². The highest BCUT2D eigenvalue weighted by Crippen LogP contribution is 2.29. The molecule has 0 amide bonds. The molecule has 2 aliphatic heterocycles. The van der Waals surface area contributed by atoms with E-state index in [1.165, 1.54) is 0 Å². The van der Waals surface area contributed by atoms with Gasteiger partial charge in [0.25, 0.3) is 0 Å². The lowest BCUT2D eigenvalue weighted by Gasteiger charge is -2.36. The quantitative estimate of drug-likeness (QED) is 0.850. The van der Waals surface area contributed by atoms with Crippen LogP contribution in [0.5, 0.6) is 5.75 Å². The van der Waals surface area contributed by atoms with Crippen LogP contribution in [-0.2, 0) is 0 Å². The fraction of sp³-hybridized carbons (Fsp3) is 0.429. The van der Waals surface area contributed by atoms with Gasteiger partial charge in [-0.15, -0.1) is 10.2 Å². The number of aliphatic imine (C=N–C) groups is 1. The lowest BCUT2D eigenvalue weighted by Crippen LogP contribution is -2.53.